The van der Waals surface area contributed by atoms with Gasteiger partial charge in [-0.25, -0.2) is 0 Å². The topological polar surface area (TPSA) is 32.3 Å². The summed E-state index contributed by atoms with van der Waals surface area (Å²) in [6, 6.07) is 2.31. The number of hydrogen-bond acceptors (Lipinski definition) is 2. The van der Waals surface area contributed by atoms with Gasteiger partial charge in [0, 0.05) is 19.6 Å². The van der Waals surface area contributed by atoms with Crippen LogP contribution in [0.5, 0.6) is 0 Å². The number of hydrogen-bond donors (Lipinski definition) is 1. The Labute approximate surface area is 126 Å². The number of benzene rings is 1. The summed E-state index contributed by atoms with van der Waals surface area (Å²) >= 11 is 0. The second-order valence-corrected chi connectivity index (χ2v) is 4.95. The van der Waals surface area contributed by atoms with E-state index in [1.54, 1.807) is 6.07 Å². The molecule has 1 fully saturated rings. The SMILES string of the molecule is C=Cc1cc2c(c(C(F)(F)F)c1)C(=O)N1CCNC[C@@H]21.Cl. The van der Waals surface area contributed by atoms with Crippen LogP contribution in [0.15, 0.2) is 18.7 Å². The largest absolute Gasteiger partial charge is 0.417 e. The molecule has 0 bridgehead atoms. The predicted octanol–water partition coefficient (Wildman–Crippen LogP) is 2.87. The van der Waals surface area contributed by atoms with E-state index in [0.29, 0.717) is 30.8 Å². The molecular weight excluding hydrogens is 305 g/mol. The van der Waals surface area contributed by atoms with E-state index in [9.17, 15) is 18.0 Å². The van der Waals surface area contributed by atoms with Crippen molar-refractivity contribution in [2.75, 3.05) is 19.6 Å². The molecule has 1 saturated heterocycles. The molecule has 0 aliphatic carbocycles. The molecule has 3 nitrogen and oxygen atoms in total. The lowest BCUT2D eigenvalue weighted by Gasteiger charge is -2.30. The summed E-state index contributed by atoms with van der Waals surface area (Å²) in [5.41, 5.74) is -0.218. The first-order valence-corrected chi connectivity index (χ1v) is 6.32. The highest BCUT2D eigenvalue weighted by Crippen LogP contribution is 2.42. The minimum absolute atomic E-state index is 0. The van der Waals surface area contributed by atoms with Crippen molar-refractivity contribution in [1.82, 2.24) is 10.2 Å². The van der Waals surface area contributed by atoms with Gasteiger partial charge in [0.25, 0.3) is 5.91 Å². The van der Waals surface area contributed by atoms with Gasteiger partial charge in [0.15, 0.2) is 0 Å². The average Bonchev–Trinajstić information content (AvgIpc) is 2.71. The fourth-order valence-electron chi connectivity index (χ4n) is 2.90. The zero-order chi connectivity index (χ0) is 14.5. The van der Waals surface area contributed by atoms with Crippen molar-refractivity contribution in [2.24, 2.45) is 0 Å². The second kappa shape index (κ2) is 5.35. The molecule has 21 heavy (non-hydrogen) atoms. The van der Waals surface area contributed by atoms with Crippen LogP contribution in [0.4, 0.5) is 13.2 Å². The van der Waals surface area contributed by atoms with E-state index in [1.165, 1.54) is 11.0 Å². The quantitative estimate of drug-likeness (QED) is 0.863. The van der Waals surface area contributed by atoms with Crippen LogP contribution >= 0.6 is 12.4 Å². The third kappa shape index (κ3) is 2.42. The Bertz CT molecular complexity index is 601. The van der Waals surface area contributed by atoms with Gasteiger partial charge in [0.2, 0.25) is 0 Å². The molecular formula is C14H14ClF3N2O. The molecule has 1 N–H and O–H groups in total. The van der Waals surface area contributed by atoms with Crippen LogP contribution in [-0.4, -0.2) is 30.4 Å². The molecule has 0 spiro atoms. The molecule has 1 atom stereocenters. The van der Waals surface area contributed by atoms with Gasteiger partial charge in [-0.15, -0.1) is 12.4 Å². The molecule has 0 saturated carbocycles. The van der Waals surface area contributed by atoms with Crippen LogP contribution < -0.4 is 5.32 Å². The van der Waals surface area contributed by atoms with Crippen molar-refractivity contribution < 1.29 is 18.0 Å². The van der Waals surface area contributed by atoms with E-state index in [0.717, 1.165) is 6.07 Å². The predicted molar refractivity (Wildman–Crippen MR) is 75.4 cm³/mol. The molecule has 1 aromatic rings. The summed E-state index contributed by atoms with van der Waals surface area (Å²) in [6.07, 6.45) is -3.17. The molecule has 0 radical (unpaired) electrons. The monoisotopic (exact) mass is 318 g/mol. The van der Waals surface area contributed by atoms with Crippen LogP contribution in [0.25, 0.3) is 6.08 Å². The smallest absolute Gasteiger partial charge is 0.329 e. The number of fused-ring (bicyclic) bond motifs is 3. The van der Waals surface area contributed by atoms with Gasteiger partial charge in [-0.2, -0.15) is 13.2 Å². The van der Waals surface area contributed by atoms with Gasteiger partial charge in [-0.3, -0.25) is 4.79 Å². The average molecular weight is 319 g/mol. The Balaban J connectivity index is 0.00000161. The summed E-state index contributed by atoms with van der Waals surface area (Å²) < 4.78 is 39.6. The molecule has 1 amide bonds. The van der Waals surface area contributed by atoms with Crippen molar-refractivity contribution in [3.8, 4) is 0 Å². The van der Waals surface area contributed by atoms with E-state index in [4.69, 9.17) is 0 Å². The standard InChI is InChI=1S/C14H13F3N2O.ClH/c1-2-8-5-9-11-7-18-3-4-19(11)13(20)12(9)10(6-8)14(15,16)17;/h2,5-6,11,18H,1,3-4,7H2;1H/t11-;/m0./s1. The van der Waals surface area contributed by atoms with E-state index in [-0.39, 0.29) is 24.0 Å². The number of piperazine rings is 1. The van der Waals surface area contributed by atoms with E-state index in [1.807, 2.05) is 0 Å². The number of halogens is 4. The number of nitrogens with one attached hydrogen (secondary N) is 1. The molecule has 7 heteroatoms. The van der Waals surface area contributed by atoms with E-state index in [2.05, 4.69) is 11.9 Å². The maximum Gasteiger partial charge on any atom is 0.417 e. The first-order valence-electron chi connectivity index (χ1n) is 6.32. The zero-order valence-electron chi connectivity index (χ0n) is 11.0. The Morgan fingerprint density at radius 1 is 1.38 bits per heavy atom. The molecule has 0 unspecified atom stereocenters. The lowest BCUT2D eigenvalue weighted by molar-refractivity contribution is -0.137. The number of amides is 1. The number of alkyl halides is 3. The molecule has 2 heterocycles. The minimum atomic E-state index is -4.54. The first kappa shape index (κ1) is 15.9. The van der Waals surface area contributed by atoms with Crippen molar-refractivity contribution in [2.45, 2.75) is 12.2 Å². The van der Waals surface area contributed by atoms with Gasteiger partial charge >= 0.3 is 6.18 Å². The highest BCUT2D eigenvalue weighted by atomic mass is 35.5. The molecule has 2 aliphatic rings. The number of nitrogens with zero attached hydrogens (tertiary/aromatic N) is 1. The van der Waals surface area contributed by atoms with Crippen LogP contribution in [0.1, 0.15) is 33.1 Å². The van der Waals surface area contributed by atoms with Gasteiger partial charge in [-0.05, 0) is 23.3 Å². The van der Waals surface area contributed by atoms with Crippen molar-refractivity contribution >= 4 is 24.4 Å². The maximum atomic E-state index is 13.2. The summed E-state index contributed by atoms with van der Waals surface area (Å²) in [6.45, 7) is 5.04. The number of carbonyl (C=O) groups excluding carboxylic acids is 1. The van der Waals surface area contributed by atoms with Crippen molar-refractivity contribution in [3.63, 3.8) is 0 Å². The van der Waals surface area contributed by atoms with E-state index >= 15 is 0 Å². The summed E-state index contributed by atoms with van der Waals surface area (Å²) in [7, 11) is 0. The lowest BCUT2D eigenvalue weighted by atomic mass is 9.95. The highest BCUT2D eigenvalue weighted by molar-refractivity contribution is 6.01. The zero-order valence-corrected chi connectivity index (χ0v) is 11.9. The normalized spacial score (nSPS) is 20.6. The molecule has 3 rings (SSSR count). The summed E-state index contributed by atoms with van der Waals surface area (Å²) in [5.74, 6) is -0.519. The minimum Gasteiger partial charge on any atom is -0.329 e. The third-order valence-electron chi connectivity index (χ3n) is 3.81. The fraction of sp³-hybridized carbons (Fsp3) is 0.357. The Hall–Kier alpha value is -1.53. The summed E-state index contributed by atoms with van der Waals surface area (Å²) in [4.78, 5) is 13.8. The highest BCUT2D eigenvalue weighted by Gasteiger charge is 2.45. The van der Waals surface area contributed by atoms with Crippen molar-refractivity contribution in [3.05, 3.63) is 41.0 Å². The summed E-state index contributed by atoms with van der Waals surface area (Å²) in [5, 5.41) is 3.11. The second-order valence-electron chi connectivity index (χ2n) is 4.95. The molecule has 1 aromatic carbocycles. The van der Waals surface area contributed by atoms with Gasteiger partial charge in [0.1, 0.15) is 0 Å². The number of rotatable bonds is 1. The first-order chi connectivity index (χ1) is 9.43. The van der Waals surface area contributed by atoms with Gasteiger partial charge < -0.3 is 10.2 Å². The van der Waals surface area contributed by atoms with Crippen LogP contribution in [-0.2, 0) is 6.18 Å². The van der Waals surface area contributed by atoms with Gasteiger partial charge in [0.05, 0.1) is 17.2 Å². The molecule has 0 aromatic heterocycles. The van der Waals surface area contributed by atoms with Crippen LogP contribution in [0.3, 0.4) is 0 Å². The van der Waals surface area contributed by atoms with Crippen LogP contribution in [0, 0.1) is 0 Å². The number of carbonyl (C=O) groups is 1. The Morgan fingerprint density at radius 3 is 2.71 bits per heavy atom. The van der Waals surface area contributed by atoms with E-state index < -0.39 is 17.6 Å². The fourth-order valence-corrected chi connectivity index (χ4v) is 2.90. The Kier molecular flexibility index (Phi) is 4.04. The van der Waals surface area contributed by atoms with Crippen LogP contribution in [0.2, 0.25) is 0 Å². The lowest BCUT2D eigenvalue weighted by Crippen LogP contribution is -2.44. The van der Waals surface area contributed by atoms with Gasteiger partial charge in [-0.1, -0.05) is 12.7 Å². The molecule has 114 valence electrons. The molecule has 2 aliphatic heterocycles. The van der Waals surface area contributed by atoms with Crippen molar-refractivity contribution in [1.29, 1.82) is 0 Å². The third-order valence-corrected chi connectivity index (χ3v) is 3.81. The Morgan fingerprint density at radius 2 is 2.10 bits per heavy atom. The maximum absolute atomic E-state index is 13.2.